The molecule has 67 heavy (non-hydrogen) atoms. The first-order valence-corrected chi connectivity index (χ1v) is 24.4. The highest BCUT2D eigenvalue weighted by Gasteiger charge is 2.70. The molecule has 3 heterocycles. The molecule has 8 rings (SSSR count). The molecule has 0 amide bonds. The van der Waals surface area contributed by atoms with E-state index in [1.54, 1.807) is 0 Å². The van der Waals surface area contributed by atoms with Crippen molar-refractivity contribution in [3.63, 3.8) is 0 Å². The number of aliphatic carboxylic acids is 1. The van der Waals surface area contributed by atoms with Crippen molar-refractivity contribution in [3.05, 3.63) is 11.6 Å². The smallest absolute Gasteiger partial charge is 0.335 e. The fourth-order valence-electron chi connectivity index (χ4n) is 15.2. The normalized spacial score (nSPS) is 55.3. The van der Waals surface area contributed by atoms with Gasteiger partial charge in [0.15, 0.2) is 25.0 Å². The number of allylic oxidation sites excluding steroid dienone is 2. The van der Waals surface area contributed by atoms with Gasteiger partial charge in [0.1, 0.15) is 67.1 Å². The molecule has 0 spiro atoms. The quantitative estimate of drug-likeness (QED) is 0.0986. The van der Waals surface area contributed by atoms with Crippen LogP contribution in [0.15, 0.2) is 11.6 Å². The van der Waals surface area contributed by atoms with E-state index < -0.39 is 123 Å². The van der Waals surface area contributed by atoms with Gasteiger partial charge < -0.3 is 89.7 Å². The van der Waals surface area contributed by atoms with E-state index in [0.29, 0.717) is 12.8 Å². The summed E-state index contributed by atoms with van der Waals surface area (Å²) in [5, 5.41) is 130. The average Bonchev–Trinajstić information content (AvgIpc) is 3.27. The van der Waals surface area contributed by atoms with Gasteiger partial charge in [-0.1, -0.05) is 60.1 Å². The first-order valence-electron chi connectivity index (χ1n) is 24.4. The topological polar surface area (TPSA) is 315 Å². The van der Waals surface area contributed by atoms with Crippen molar-refractivity contribution in [1.82, 2.24) is 0 Å². The van der Waals surface area contributed by atoms with Crippen LogP contribution in [-0.4, -0.2) is 191 Å². The predicted octanol–water partition coefficient (Wildman–Crippen LogP) is -0.323. The number of aliphatic hydroxyl groups is 11. The molecule has 0 aromatic heterocycles. The molecule has 3 aliphatic heterocycles. The second kappa shape index (κ2) is 18.2. The minimum Gasteiger partial charge on any atom is -0.479 e. The zero-order valence-corrected chi connectivity index (χ0v) is 39.8. The Kier molecular flexibility index (Phi) is 14.1. The summed E-state index contributed by atoms with van der Waals surface area (Å²) in [4.78, 5) is 12.5. The van der Waals surface area contributed by atoms with Crippen molar-refractivity contribution < 1.29 is 94.5 Å². The summed E-state index contributed by atoms with van der Waals surface area (Å²) in [5.41, 5.74) is -0.143. The lowest BCUT2D eigenvalue weighted by Gasteiger charge is -2.72. The summed E-state index contributed by atoms with van der Waals surface area (Å²) in [6.45, 7) is 14.0. The lowest BCUT2D eigenvalue weighted by molar-refractivity contribution is -0.397. The standard InChI is InChI=1S/C48H78O19/c1-43(2)16-22-21-8-9-26-45(4)12-11-28(46(5,20-51)25(45)10-13-48(26,7)47(21,6)15-14-44(22,3)27(52)17-43)64-42-38(34(58)33(57)36(65-42)39(60)61)67-41-37(32(56)30(54)24(19-50)63-41)66-40-35(59)31(55)29(53)23(18-49)62-40/h8,22-38,40-42,49-59H,9-20H2,1-7H3,(H,60,61)/t22-,23-,24-,25+,26-,27-,28+,29-,30+,31+,32+,33+,34+,35-,36+,37-,38-,40+,41+,42-,44-,45+,46-,47-,48-/m1/s1. The highest BCUT2D eigenvalue weighted by atomic mass is 16.8. The molecule has 5 aliphatic carbocycles. The molecule has 0 bridgehead atoms. The van der Waals surface area contributed by atoms with Gasteiger partial charge in [0, 0.05) is 10.8 Å². The molecule has 384 valence electrons. The fraction of sp³-hybridized carbons (Fsp3) is 0.938. The van der Waals surface area contributed by atoms with Gasteiger partial charge in [-0.2, -0.15) is 0 Å². The van der Waals surface area contributed by atoms with Crippen molar-refractivity contribution in [3.8, 4) is 0 Å². The molecule has 3 saturated heterocycles. The van der Waals surface area contributed by atoms with Crippen LogP contribution in [-0.2, 0) is 33.2 Å². The molecule has 4 saturated carbocycles. The Morgan fingerprint density at radius 3 is 1.82 bits per heavy atom. The number of fused-ring (bicyclic) bond motifs is 7. The van der Waals surface area contributed by atoms with Crippen molar-refractivity contribution in [2.24, 2.45) is 50.2 Å². The van der Waals surface area contributed by atoms with Crippen molar-refractivity contribution >= 4 is 5.97 Å². The maximum absolute atomic E-state index is 12.5. The maximum atomic E-state index is 12.5. The van der Waals surface area contributed by atoms with E-state index in [9.17, 15) is 66.1 Å². The van der Waals surface area contributed by atoms with Gasteiger partial charge in [-0.05, 0) is 97.2 Å². The molecule has 7 fully saturated rings. The molecule has 12 N–H and O–H groups in total. The van der Waals surface area contributed by atoms with E-state index in [2.05, 4.69) is 47.6 Å². The number of carboxylic acid groups (broad SMARTS) is 1. The summed E-state index contributed by atoms with van der Waals surface area (Å²) >= 11 is 0. The van der Waals surface area contributed by atoms with E-state index in [1.165, 1.54) is 5.57 Å². The maximum Gasteiger partial charge on any atom is 0.335 e. The van der Waals surface area contributed by atoms with E-state index in [4.69, 9.17) is 28.4 Å². The van der Waals surface area contributed by atoms with Crippen molar-refractivity contribution in [2.75, 3.05) is 19.8 Å². The van der Waals surface area contributed by atoms with Crippen LogP contribution >= 0.6 is 0 Å². The molecular weight excluding hydrogens is 881 g/mol. The lowest BCUT2D eigenvalue weighted by Crippen LogP contribution is -2.68. The number of hydrogen-bond acceptors (Lipinski definition) is 18. The minimum absolute atomic E-state index is 0.00861. The van der Waals surface area contributed by atoms with Crippen LogP contribution in [0.25, 0.3) is 0 Å². The zero-order valence-electron chi connectivity index (χ0n) is 39.8. The summed E-state index contributed by atoms with van der Waals surface area (Å²) in [6, 6.07) is 0. The summed E-state index contributed by atoms with van der Waals surface area (Å²) in [7, 11) is 0. The second-order valence-electron chi connectivity index (χ2n) is 23.6. The Bertz CT molecular complexity index is 1830. The first kappa shape index (κ1) is 51.9. The van der Waals surface area contributed by atoms with Crippen molar-refractivity contribution in [1.29, 1.82) is 0 Å². The number of aliphatic hydroxyl groups excluding tert-OH is 11. The molecule has 8 aliphatic rings. The third-order valence-corrected chi connectivity index (χ3v) is 19.5. The Morgan fingerprint density at radius 2 is 1.21 bits per heavy atom. The number of carbonyl (C=O) groups is 1. The van der Waals surface area contributed by atoms with Crippen LogP contribution in [0, 0.1) is 50.2 Å². The van der Waals surface area contributed by atoms with Gasteiger partial charge in [-0.25, -0.2) is 4.79 Å². The van der Waals surface area contributed by atoms with Crippen molar-refractivity contribution in [2.45, 2.75) is 211 Å². The van der Waals surface area contributed by atoms with Crippen LogP contribution in [0.4, 0.5) is 0 Å². The van der Waals surface area contributed by atoms with Crippen LogP contribution in [0.3, 0.4) is 0 Å². The van der Waals surface area contributed by atoms with Gasteiger partial charge in [0.05, 0.1) is 32.0 Å². The monoisotopic (exact) mass is 959 g/mol. The average molecular weight is 959 g/mol. The Morgan fingerprint density at radius 1 is 0.627 bits per heavy atom. The largest absolute Gasteiger partial charge is 0.479 e. The van der Waals surface area contributed by atoms with Crippen LogP contribution in [0.1, 0.15) is 106 Å². The van der Waals surface area contributed by atoms with E-state index in [1.807, 2.05) is 6.92 Å². The summed E-state index contributed by atoms with van der Waals surface area (Å²) in [6.07, 6.45) is -19.2. The molecule has 0 aromatic rings. The molecular formula is C48H78O19. The van der Waals surface area contributed by atoms with Crippen LogP contribution in [0.5, 0.6) is 0 Å². The van der Waals surface area contributed by atoms with Gasteiger partial charge in [0.2, 0.25) is 0 Å². The highest BCUT2D eigenvalue weighted by molar-refractivity contribution is 5.73. The number of carboxylic acids is 1. The summed E-state index contributed by atoms with van der Waals surface area (Å²) < 4.78 is 36.0. The SMILES string of the molecule is CC1(C)C[C@@H](O)[C@]2(C)CC[C@]3(C)C(=CC[C@@H]4[C@@]5(C)CC[C@H](O[C@@H]6O[C@H](C(=O)O)[C@@H](O)[C@H](O)[C@H]6O[C@@H]6O[C@H](CO)[C@H](O)[C@H](O)[C@H]6O[C@@H]6O[C@H](CO)[C@@H](O)[C@H](O)[C@H]6O)[C@](C)(CO)[C@H]5CC[C@]43C)[C@H]2C1. The van der Waals surface area contributed by atoms with E-state index in [0.717, 1.165) is 44.9 Å². The first-order chi connectivity index (χ1) is 31.3. The number of ether oxygens (including phenoxy) is 6. The number of hydrogen-bond donors (Lipinski definition) is 12. The third-order valence-electron chi connectivity index (χ3n) is 19.5. The minimum atomic E-state index is -2.10. The number of rotatable bonds is 10. The van der Waals surface area contributed by atoms with Gasteiger partial charge in [0.25, 0.3) is 0 Å². The Hall–Kier alpha value is -1.47. The van der Waals surface area contributed by atoms with Gasteiger partial charge in [-0.15, -0.1) is 0 Å². The molecule has 19 nitrogen and oxygen atoms in total. The van der Waals surface area contributed by atoms with Gasteiger partial charge in [-0.3, -0.25) is 0 Å². The molecule has 0 aromatic carbocycles. The summed E-state index contributed by atoms with van der Waals surface area (Å²) in [5.74, 6) is -1.22. The Labute approximate surface area is 392 Å². The second-order valence-corrected chi connectivity index (χ2v) is 23.6. The molecule has 19 heteroatoms. The van der Waals surface area contributed by atoms with E-state index in [-0.39, 0.29) is 57.5 Å². The molecule has 0 unspecified atom stereocenters. The van der Waals surface area contributed by atoms with Crippen LogP contribution < -0.4 is 0 Å². The van der Waals surface area contributed by atoms with Crippen LogP contribution in [0.2, 0.25) is 0 Å². The third kappa shape index (κ3) is 8.10. The predicted molar refractivity (Wildman–Crippen MR) is 232 cm³/mol. The molecule has 25 atom stereocenters. The fourth-order valence-corrected chi connectivity index (χ4v) is 15.2. The highest BCUT2D eigenvalue weighted by Crippen LogP contribution is 2.76. The lowest BCUT2D eigenvalue weighted by atomic mass is 9.33. The Balaban J connectivity index is 1.08. The molecule has 0 radical (unpaired) electrons. The van der Waals surface area contributed by atoms with Gasteiger partial charge >= 0.3 is 5.97 Å². The van der Waals surface area contributed by atoms with E-state index >= 15 is 0 Å². The zero-order chi connectivity index (χ0) is 49.1.